The zero-order valence-electron chi connectivity index (χ0n) is 10.5. The van der Waals surface area contributed by atoms with Crippen molar-refractivity contribution in [1.82, 2.24) is 0 Å². The molecule has 2 aromatic rings. The third-order valence-electron chi connectivity index (χ3n) is 2.76. The van der Waals surface area contributed by atoms with Crippen LogP contribution in [0.2, 0.25) is 0 Å². The Hall–Kier alpha value is -1.60. The number of hydrogen-bond acceptors (Lipinski definition) is 3. The van der Waals surface area contributed by atoms with Gasteiger partial charge in [-0.25, -0.2) is 12.8 Å². The van der Waals surface area contributed by atoms with Gasteiger partial charge in [0.25, 0.3) is 10.0 Å². The maximum Gasteiger partial charge on any atom is 0.264 e. The van der Waals surface area contributed by atoms with Crippen molar-refractivity contribution in [2.24, 2.45) is 0 Å². The number of hydrogen-bond donors (Lipinski definition) is 2. The topological polar surface area (TPSA) is 72.2 Å². The van der Waals surface area contributed by atoms with Crippen molar-refractivity contribution >= 4 is 37.3 Å². The smallest absolute Gasteiger partial charge is 0.264 e. The van der Waals surface area contributed by atoms with Gasteiger partial charge < -0.3 is 5.73 Å². The van der Waals surface area contributed by atoms with Crippen LogP contribution in [0.5, 0.6) is 0 Å². The quantitative estimate of drug-likeness (QED) is 0.827. The molecule has 0 saturated heterocycles. The summed E-state index contributed by atoms with van der Waals surface area (Å²) in [5, 5.41) is 0. The molecule has 0 aliphatic rings. The van der Waals surface area contributed by atoms with E-state index in [-0.39, 0.29) is 5.69 Å². The van der Waals surface area contributed by atoms with Crippen LogP contribution < -0.4 is 10.5 Å². The monoisotopic (exact) mass is 358 g/mol. The van der Waals surface area contributed by atoms with Gasteiger partial charge in [0.15, 0.2) is 0 Å². The Labute approximate surface area is 125 Å². The molecule has 20 heavy (non-hydrogen) atoms. The second kappa shape index (κ2) is 5.41. The fraction of sp³-hybridized carbons (Fsp3) is 0.0769. The lowest BCUT2D eigenvalue weighted by Gasteiger charge is -2.12. The lowest BCUT2D eigenvalue weighted by atomic mass is 10.2. The number of anilines is 2. The van der Waals surface area contributed by atoms with Gasteiger partial charge in [0.2, 0.25) is 0 Å². The second-order valence-corrected chi connectivity index (χ2v) is 6.71. The van der Waals surface area contributed by atoms with Crippen molar-refractivity contribution in [2.45, 2.75) is 11.8 Å². The normalized spacial score (nSPS) is 11.3. The largest absolute Gasteiger partial charge is 0.399 e. The first-order valence-corrected chi connectivity index (χ1v) is 7.92. The van der Waals surface area contributed by atoms with E-state index in [4.69, 9.17) is 5.73 Å². The Balaban J connectivity index is 2.44. The van der Waals surface area contributed by atoms with E-state index in [0.29, 0.717) is 11.3 Å². The molecule has 0 unspecified atom stereocenters. The number of nitrogens with one attached hydrogen (secondary N) is 1. The summed E-state index contributed by atoms with van der Waals surface area (Å²) in [6.07, 6.45) is 0. The van der Waals surface area contributed by atoms with Gasteiger partial charge in [-0.15, -0.1) is 0 Å². The average molecular weight is 359 g/mol. The molecular weight excluding hydrogens is 347 g/mol. The summed E-state index contributed by atoms with van der Waals surface area (Å²) >= 11 is 3.31. The number of benzene rings is 2. The minimum Gasteiger partial charge on any atom is -0.399 e. The Morgan fingerprint density at radius 1 is 1.25 bits per heavy atom. The van der Waals surface area contributed by atoms with E-state index in [9.17, 15) is 12.8 Å². The molecule has 0 spiro atoms. The van der Waals surface area contributed by atoms with E-state index < -0.39 is 20.7 Å². The van der Waals surface area contributed by atoms with Crippen LogP contribution in [0.4, 0.5) is 15.8 Å². The maximum absolute atomic E-state index is 13.7. The molecule has 0 saturated carbocycles. The van der Waals surface area contributed by atoms with Gasteiger partial charge in [0.1, 0.15) is 10.7 Å². The van der Waals surface area contributed by atoms with Crippen LogP contribution >= 0.6 is 15.9 Å². The lowest BCUT2D eigenvalue weighted by molar-refractivity contribution is 0.571. The van der Waals surface area contributed by atoms with Crippen molar-refractivity contribution in [2.75, 3.05) is 10.5 Å². The highest BCUT2D eigenvalue weighted by molar-refractivity contribution is 9.10. The Morgan fingerprint density at radius 2 is 1.95 bits per heavy atom. The molecule has 106 valence electrons. The SMILES string of the molecule is Cc1c(Br)cccc1NS(=O)(=O)c1ccc(N)cc1F. The highest BCUT2D eigenvalue weighted by Gasteiger charge is 2.20. The summed E-state index contributed by atoms with van der Waals surface area (Å²) in [6.45, 7) is 1.75. The highest BCUT2D eigenvalue weighted by Crippen LogP contribution is 2.26. The van der Waals surface area contributed by atoms with Crippen LogP contribution in [0, 0.1) is 12.7 Å². The first-order chi connectivity index (χ1) is 9.31. The van der Waals surface area contributed by atoms with Crippen LogP contribution in [0.3, 0.4) is 0 Å². The number of nitrogens with two attached hydrogens (primary N) is 1. The standard InChI is InChI=1S/C13H12BrFN2O2S/c1-8-10(14)3-2-4-12(8)17-20(18,19)13-6-5-9(16)7-11(13)15/h2-7,17H,16H2,1H3. The van der Waals surface area contributed by atoms with Gasteiger partial charge in [-0.3, -0.25) is 4.72 Å². The van der Waals surface area contributed by atoms with E-state index in [1.807, 2.05) is 0 Å². The van der Waals surface area contributed by atoms with E-state index >= 15 is 0 Å². The molecule has 0 radical (unpaired) electrons. The van der Waals surface area contributed by atoms with Crippen molar-refractivity contribution in [1.29, 1.82) is 0 Å². The molecule has 0 aliphatic carbocycles. The maximum atomic E-state index is 13.7. The average Bonchev–Trinajstić information content (AvgIpc) is 2.34. The molecule has 7 heteroatoms. The van der Waals surface area contributed by atoms with E-state index in [1.54, 1.807) is 25.1 Å². The van der Waals surface area contributed by atoms with Crippen LogP contribution in [-0.2, 0) is 10.0 Å². The fourth-order valence-corrected chi connectivity index (χ4v) is 3.20. The Morgan fingerprint density at radius 3 is 2.60 bits per heavy atom. The van der Waals surface area contributed by atoms with Crippen molar-refractivity contribution in [3.63, 3.8) is 0 Å². The zero-order chi connectivity index (χ0) is 14.9. The predicted octanol–water partition coefficient (Wildman–Crippen LogP) is 3.28. The van der Waals surface area contributed by atoms with Gasteiger partial charge >= 0.3 is 0 Å². The summed E-state index contributed by atoms with van der Waals surface area (Å²) in [6, 6.07) is 8.53. The van der Waals surface area contributed by atoms with Crippen LogP contribution in [0.15, 0.2) is 45.8 Å². The van der Waals surface area contributed by atoms with Crippen molar-refractivity contribution in [3.8, 4) is 0 Å². The number of halogens is 2. The minimum atomic E-state index is -4.00. The summed E-state index contributed by atoms with van der Waals surface area (Å²) in [5.41, 5.74) is 6.67. The zero-order valence-corrected chi connectivity index (χ0v) is 12.9. The van der Waals surface area contributed by atoms with Gasteiger partial charge in [-0.2, -0.15) is 0 Å². The molecule has 2 aromatic carbocycles. The highest BCUT2D eigenvalue weighted by atomic mass is 79.9. The molecule has 0 aromatic heterocycles. The van der Waals surface area contributed by atoms with E-state index in [0.717, 1.165) is 16.6 Å². The van der Waals surface area contributed by atoms with Crippen molar-refractivity contribution in [3.05, 3.63) is 52.3 Å². The molecule has 0 amide bonds. The minimum absolute atomic E-state index is 0.167. The molecule has 4 nitrogen and oxygen atoms in total. The van der Waals surface area contributed by atoms with E-state index in [1.165, 1.54) is 6.07 Å². The van der Waals surface area contributed by atoms with Crippen LogP contribution in [0.25, 0.3) is 0 Å². The van der Waals surface area contributed by atoms with Crippen molar-refractivity contribution < 1.29 is 12.8 Å². The van der Waals surface area contributed by atoms with Crippen LogP contribution in [-0.4, -0.2) is 8.42 Å². The van der Waals surface area contributed by atoms with Gasteiger partial charge in [0, 0.05) is 10.2 Å². The Kier molecular flexibility index (Phi) is 4.01. The molecule has 2 rings (SSSR count). The summed E-state index contributed by atoms with van der Waals surface area (Å²) in [4.78, 5) is -0.439. The summed E-state index contributed by atoms with van der Waals surface area (Å²) in [5.74, 6) is -0.884. The second-order valence-electron chi connectivity index (χ2n) is 4.21. The third-order valence-corrected chi connectivity index (χ3v) is 5.02. The first-order valence-electron chi connectivity index (χ1n) is 5.64. The van der Waals surface area contributed by atoms with Gasteiger partial charge in [0.05, 0.1) is 5.69 Å². The molecule has 0 aliphatic heterocycles. The molecule has 0 fully saturated rings. The number of rotatable bonds is 3. The lowest BCUT2D eigenvalue weighted by Crippen LogP contribution is -2.15. The molecular formula is C13H12BrFN2O2S. The third kappa shape index (κ3) is 2.94. The number of sulfonamides is 1. The molecule has 0 bridgehead atoms. The molecule has 3 N–H and O–H groups in total. The van der Waals surface area contributed by atoms with E-state index in [2.05, 4.69) is 20.7 Å². The van der Waals surface area contributed by atoms with Gasteiger partial charge in [-0.05, 0) is 42.8 Å². The Bertz CT molecular complexity index is 763. The summed E-state index contributed by atoms with van der Waals surface area (Å²) in [7, 11) is -4.00. The summed E-state index contributed by atoms with van der Waals surface area (Å²) < 4.78 is 41.2. The van der Waals surface area contributed by atoms with Crippen LogP contribution in [0.1, 0.15) is 5.56 Å². The predicted molar refractivity (Wildman–Crippen MR) is 80.5 cm³/mol. The number of nitrogen functional groups attached to an aromatic ring is 1. The fourth-order valence-electron chi connectivity index (χ4n) is 1.65. The molecule has 0 atom stereocenters. The molecule has 0 heterocycles. The van der Waals surface area contributed by atoms with Gasteiger partial charge in [-0.1, -0.05) is 22.0 Å². The first kappa shape index (κ1) is 14.8.